The summed E-state index contributed by atoms with van der Waals surface area (Å²) in [5.74, 6) is -1.29. The van der Waals surface area contributed by atoms with E-state index in [9.17, 15) is 17.6 Å². The molecule has 0 unspecified atom stereocenters. The van der Waals surface area contributed by atoms with E-state index >= 15 is 0 Å². The van der Waals surface area contributed by atoms with Crippen LogP contribution in [0.25, 0.3) is 10.2 Å². The van der Waals surface area contributed by atoms with Gasteiger partial charge in [0.05, 0.1) is 22.4 Å². The molecular formula is C15H17F4N3OS. The van der Waals surface area contributed by atoms with Gasteiger partial charge in [-0.2, -0.15) is 13.2 Å². The van der Waals surface area contributed by atoms with Gasteiger partial charge in [-0.25, -0.2) is 9.37 Å². The van der Waals surface area contributed by atoms with Crippen molar-refractivity contribution in [3.8, 4) is 0 Å². The fraction of sp³-hybridized carbons (Fsp3) is 0.533. The predicted octanol–water partition coefficient (Wildman–Crippen LogP) is 2.96. The molecule has 0 spiro atoms. The summed E-state index contributed by atoms with van der Waals surface area (Å²) < 4.78 is 52.4. The maximum absolute atomic E-state index is 13.7. The van der Waals surface area contributed by atoms with Crippen molar-refractivity contribution in [3.05, 3.63) is 23.5 Å². The average Bonchev–Trinajstić information content (AvgIpc) is 2.76. The van der Waals surface area contributed by atoms with Crippen molar-refractivity contribution in [2.75, 3.05) is 44.2 Å². The molecule has 2 heterocycles. The normalized spacial score (nSPS) is 17.5. The fourth-order valence-corrected chi connectivity index (χ4v) is 3.85. The highest BCUT2D eigenvalue weighted by atomic mass is 32.1. The highest BCUT2D eigenvalue weighted by Crippen LogP contribution is 2.37. The number of halogens is 4. The van der Waals surface area contributed by atoms with E-state index in [1.165, 1.54) is 0 Å². The van der Waals surface area contributed by atoms with Crippen LogP contribution < -0.4 is 4.90 Å². The SMILES string of the molecule is OCCN1CCCN(c2nc3cc(F)c(C(F)(F)F)cc3s2)CC1. The van der Waals surface area contributed by atoms with Crippen LogP contribution >= 0.6 is 11.3 Å². The van der Waals surface area contributed by atoms with Crippen LogP contribution in [-0.2, 0) is 6.18 Å². The molecule has 9 heteroatoms. The highest BCUT2D eigenvalue weighted by Gasteiger charge is 2.34. The lowest BCUT2D eigenvalue weighted by atomic mass is 10.2. The number of alkyl halides is 3. The van der Waals surface area contributed by atoms with Crippen LogP contribution in [0.15, 0.2) is 12.1 Å². The van der Waals surface area contributed by atoms with Gasteiger partial charge < -0.3 is 10.0 Å². The van der Waals surface area contributed by atoms with E-state index in [1.807, 2.05) is 4.90 Å². The number of thiazole rings is 1. The number of aliphatic hydroxyl groups excluding tert-OH is 1. The van der Waals surface area contributed by atoms with Gasteiger partial charge in [0.25, 0.3) is 0 Å². The van der Waals surface area contributed by atoms with Crippen LogP contribution in [0.2, 0.25) is 0 Å². The van der Waals surface area contributed by atoms with E-state index < -0.39 is 17.6 Å². The minimum atomic E-state index is -4.71. The molecule has 1 aromatic carbocycles. The molecule has 0 radical (unpaired) electrons. The van der Waals surface area contributed by atoms with Gasteiger partial charge in [0, 0.05) is 32.2 Å². The van der Waals surface area contributed by atoms with Crippen molar-refractivity contribution in [1.82, 2.24) is 9.88 Å². The zero-order chi connectivity index (χ0) is 17.3. The second-order valence-corrected chi connectivity index (χ2v) is 6.71. The van der Waals surface area contributed by atoms with Gasteiger partial charge in [0.2, 0.25) is 0 Å². The van der Waals surface area contributed by atoms with Crippen LogP contribution in [0.1, 0.15) is 12.0 Å². The molecule has 0 atom stereocenters. The number of fused-ring (bicyclic) bond motifs is 1. The molecule has 1 N–H and O–H groups in total. The van der Waals surface area contributed by atoms with Gasteiger partial charge in [-0.05, 0) is 19.0 Å². The van der Waals surface area contributed by atoms with Crippen molar-refractivity contribution < 1.29 is 22.7 Å². The number of β-amino-alcohol motifs (C(OH)–C–C–N with tert-alkyl or cyclic N) is 1. The van der Waals surface area contributed by atoms with E-state index in [2.05, 4.69) is 9.88 Å². The average molecular weight is 363 g/mol. The van der Waals surface area contributed by atoms with Crippen molar-refractivity contribution >= 4 is 26.7 Å². The molecule has 0 aliphatic carbocycles. The van der Waals surface area contributed by atoms with Gasteiger partial charge >= 0.3 is 6.18 Å². The molecule has 2 aromatic rings. The number of anilines is 1. The van der Waals surface area contributed by atoms with Gasteiger partial charge in [-0.3, -0.25) is 4.90 Å². The molecule has 1 fully saturated rings. The summed E-state index contributed by atoms with van der Waals surface area (Å²) in [5, 5.41) is 9.62. The van der Waals surface area contributed by atoms with Crippen LogP contribution in [0.3, 0.4) is 0 Å². The van der Waals surface area contributed by atoms with Gasteiger partial charge in [-0.1, -0.05) is 11.3 Å². The van der Waals surface area contributed by atoms with Crippen molar-refractivity contribution in [2.45, 2.75) is 12.6 Å². The van der Waals surface area contributed by atoms with E-state index in [0.717, 1.165) is 49.5 Å². The lowest BCUT2D eigenvalue weighted by molar-refractivity contribution is -0.139. The molecule has 4 nitrogen and oxygen atoms in total. The molecule has 1 aromatic heterocycles. The van der Waals surface area contributed by atoms with Crippen LogP contribution in [0.5, 0.6) is 0 Å². The van der Waals surface area contributed by atoms with E-state index in [1.54, 1.807) is 0 Å². The van der Waals surface area contributed by atoms with Crippen LogP contribution in [0.4, 0.5) is 22.7 Å². The fourth-order valence-electron chi connectivity index (χ4n) is 2.82. The first-order valence-corrected chi connectivity index (χ1v) is 8.45. The number of aliphatic hydroxyl groups is 1. The third-order valence-electron chi connectivity index (χ3n) is 4.05. The Balaban J connectivity index is 1.85. The Hall–Kier alpha value is -1.45. The monoisotopic (exact) mass is 363 g/mol. The maximum atomic E-state index is 13.7. The third kappa shape index (κ3) is 3.62. The summed E-state index contributed by atoms with van der Waals surface area (Å²) in [5.41, 5.74) is -1.01. The number of hydrogen-bond donors (Lipinski definition) is 1. The van der Waals surface area contributed by atoms with E-state index in [0.29, 0.717) is 22.9 Å². The van der Waals surface area contributed by atoms with Crippen molar-refractivity contribution in [1.29, 1.82) is 0 Å². The molecule has 0 bridgehead atoms. The van der Waals surface area contributed by atoms with Crippen LogP contribution in [-0.4, -0.2) is 54.3 Å². The zero-order valence-electron chi connectivity index (χ0n) is 12.8. The summed E-state index contributed by atoms with van der Waals surface area (Å²) in [6.07, 6.45) is -3.84. The second-order valence-electron chi connectivity index (χ2n) is 5.70. The van der Waals surface area contributed by atoms with Gasteiger partial charge in [0.15, 0.2) is 5.13 Å². The smallest absolute Gasteiger partial charge is 0.395 e. The standard InChI is InChI=1S/C15H17F4N3OS/c16-11-9-12-13(8-10(11)15(17,18)19)24-14(20-12)22-3-1-2-21(4-5-22)6-7-23/h8-9,23H,1-7H2. The first-order valence-electron chi connectivity index (χ1n) is 7.64. The van der Waals surface area contributed by atoms with Gasteiger partial charge in [0.1, 0.15) is 5.82 Å². The number of benzene rings is 1. The molecule has 24 heavy (non-hydrogen) atoms. The quantitative estimate of drug-likeness (QED) is 0.852. The number of rotatable bonds is 3. The summed E-state index contributed by atoms with van der Waals surface area (Å²) in [7, 11) is 0. The first-order chi connectivity index (χ1) is 11.4. The molecule has 3 rings (SSSR count). The Labute approximate surface area is 140 Å². The Morgan fingerprint density at radius 1 is 1.17 bits per heavy atom. The molecular weight excluding hydrogens is 346 g/mol. The van der Waals surface area contributed by atoms with E-state index in [4.69, 9.17) is 5.11 Å². The van der Waals surface area contributed by atoms with E-state index in [-0.39, 0.29) is 12.1 Å². The number of hydrogen-bond acceptors (Lipinski definition) is 5. The summed E-state index contributed by atoms with van der Waals surface area (Å²) in [6.45, 7) is 3.71. The Morgan fingerprint density at radius 3 is 2.67 bits per heavy atom. The lowest BCUT2D eigenvalue weighted by Crippen LogP contribution is -2.32. The van der Waals surface area contributed by atoms with Gasteiger partial charge in [-0.15, -0.1) is 0 Å². The molecule has 1 saturated heterocycles. The second kappa shape index (κ2) is 6.81. The molecule has 1 aliphatic heterocycles. The first kappa shape index (κ1) is 17.4. The minimum absolute atomic E-state index is 0.0979. The molecule has 0 amide bonds. The molecule has 1 aliphatic rings. The van der Waals surface area contributed by atoms with Crippen molar-refractivity contribution in [3.63, 3.8) is 0 Å². The zero-order valence-corrected chi connectivity index (χ0v) is 13.6. The Kier molecular flexibility index (Phi) is 4.93. The highest BCUT2D eigenvalue weighted by molar-refractivity contribution is 7.22. The third-order valence-corrected chi connectivity index (χ3v) is 5.13. The summed E-state index contributed by atoms with van der Waals surface area (Å²) in [4.78, 5) is 8.44. The Morgan fingerprint density at radius 2 is 1.96 bits per heavy atom. The minimum Gasteiger partial charge on any atom is -0.395 e. The topological polar surface area (TPSA) is 39.6 Å². The molecule has 132 valence electrons. The largest absolute Gasteiger partial charge is 0.419 e. The van der Waals surface area contributed by atoms with Crippen molar-refractivity contribution in [2.24, 2.45) is 0 Å². The summed E-state index contributed by atoms with van der Waals surface area (Å²) >= 11 is 1.15. The maximum Gasteiger partial charge on any atom is 0.419 e. The number of nitrogens with zero attached hydrogens (tertiary/aromatic N) is 3. The predicted molar refractivity (Wildman–Crippen MR) is 84.9 cm³/mol. The summed E-state index contributed by atoms with van der Waals surface area (Å²) in [6, 6.07) is 1.69. The molecule has 0 saturated carbocycles. The van der Waals surface area contributed by atoms with Crippen LogP contribution in [0, 0.1) is 5.82 Å². The Bertz CT molecular complexity index is 719. The number of aromatic nitrogens is 1. The lowest BCUT2D eigenvalue weighted by Gasteiger charge is -2.20.